The van der Waals surface area contributed by atoms with Gasteiger partial charge in [-0.2, -0.15) is 13.1 Å². The molecule has 3 heterocycles. The summed E-state index contributed by atoms with van der Waals surface area (Å²) in [4.78, 5) is 32.3. The summed E-state index contributed by atoms with van der Waals surface area (Å²) < 4.78 is 32.6. The number of anilines is 1. The van der Waals surface area contributed by atoms with Crippen molar-refractivity contribution in [3.8, 4) is 18.0 Å². The third-order valence-corrected chi connectivity index (χ3v) is 8.12. The van der Waals surface area contributed by atoms with Crippen LogP contribution in [0.5, 0.6) is 0 Å². The lowest BCUT2D eigenvalue weighted by Crippen LogP contribution is -2.34. The van der Waals surface area contributed by atoms with Crippen molar-refractivity contribution < 1.29 is 13.2 Å². The van der Waals surface area contributed by atoms with Gasteiger partial charge in [-0.15, -0.1) is 11.5 Å². The van der Waals surface area contributed by atoms with Crippen LogP contribution in [-0.4, -0.2) is 40.0 Å². The first-order chi connectivity index (χ1) is 20.2. The second-order valence-electron chi connectivity index (χ2n) is 9.62. The Morgan fingerprint density at radius 2 is 1.88 bits per heavy atom. The SMILES string of the molecule is C#Cc1ccc2c3c(c([C@@H](C)NC(=O)c4c(NS(=O)(=O)NCC)nn5cccnc45)n(-c4ccccc4)c(=O)c13)C=C2. The molecule has 0 saturated heterocycles. The molecule has 210 valence electrons. The summed E-state index contributed by atoms with van der Waals surface area (Å²) in [6, 6.07) is 13.6. The summed E-state index contributed by atoms with van der Waals surface area (Å²) in [5.41, 5.74) is 2.99. The first-order valence-corrected chi connectivity index (χ1v) is 14.6. The molecule has 1 aliphatic rings. The van der Waals surface area contributed by atoms with E-state index in [0.29, 0.717) is 22.3 Å². The number of carbonyl (C=O) groups is 1. The maximum absolute atomic E-state index is 14.1. The standard InChI is InChI=1S/C30H25N7O4S/c1-4-19-12-13-20-14-15-22-23(20)24(19)30(39)37(21-10-7-6-8-11-21)26(22)18(3)33-29(38)25-27(35-42(40,41)32-5-2)34-36-17-9-16-31-28(25)36/h1,6-18,32H,5H2,2-3H3,(H,33,38)(H,34,35)/t18-/m1/s1. The van der Waals surface area contributed by atoms with Crippen molar-refractivity contribution in [3.05, 3.63) is 99.2 Å². The van der Waals surface area contributed by atoms with E-state index >= 15 is 0 Å². The number of fused-ring (bicyclic) bond motifs is 1. The van der Waals surface area contributed by atoms with Gasteiger partial charge in [0.1, 0.15) is 5.56 Å². The van der Waals surface area contributed by atoms with Crippen LogP contribution in [0.3, 0.4) is 0 Å². The predicted octanol–water partition coefficient (Wildman–Crippen LogP) is 3.26. The Morgan fingerprint density at radius 3 is 2.62 bits per heavy atom. The average Bonchev–Trinajstić information content (AvgIpc) is 3.56. The second-order valence-corrected chi connectivity index (χ2v) is 11.1. The fourth-order valence-corrected chi connectivity index (χ4v) is 6.17. The molecule has 0 aliphatic heterocycles. The van der Waals surface area contributed by atoms with Gasteiger partial charge >= 0.3 is 0 Å². The van der Waals surface area contributed by atoms with E-state index in [1.54, 1.807) is 48.9 Å². The summed E-state index contributed by atoms with van der Waals surface area (Å²) in [5, 5.41) is 8.34. The van der Waals surface area contributed by atoms with Gasteiger partial charge in [0.25, 0.3) is 21.7 Å². The molecule has 1 aliphatic carbocycles. The number of terminal acetylenes is 1. The van der Waals surface area contributed by atoms with Gasteiger partial charge < -0.3 is 5.32 Å². The van der Waals surface area contributed by atoms with E-state index in [9.17, 15) is 18.0 Å². The monoisotopic (exact) mass is 579 g/mol. The number of nitrogens with one attached hydrogen (secondary N) is 3. The number of amides is 1. The fraction of sp³-hybridized carbons (Fsp3) is 0.133. The van der Waals surface area contributed by atoms with Crippen LogP contribution < -0.4 is 20.3 Å². The molecule has 5 aromatic rings. The zero-order chi connectivity index (χ0) is 29.6. The number of hydrogen-bond donors (Lipinski definition) is 3. The van der Waals surface area contributed by atoms with Gasteiger partial charge in [0, 0.05) is 41.1 Å². The van der Waals surface area contributed by atoms with E-state index < -0.39 is 22.2 Å². The molecule has 1 atom stereocenters. The number of carbonyl (C=O) groups excluding carboxylic acids is 1. The largest absolute Gasteiger partial charge is 0.344 e. The molecule has 42 heavy (non-hydrogen) atoms. The molecule has 0 bridgehead atoms. The number of pyridine rings is 1. The Hall–Kier alpha value is -5.25. The lowest BCUT2D eigenvalue weighted by molar-refractivity contribution is 0.0941. The molecule has 0 radical (unpaired) electrons. The first kappa shape index (κ1) is 26.9. The number of para-hydroxylation sites is 1. The summed E-state index contributed by atoms with van der Waals surface area (Å²) in [6.45, 7) is 3.53. The van der Waals surface area contributed by atoms with Crippen molar-refractivity contribution in [1.29, 1.82) is 0 Å². The van der Waals surface area contributed by atoms with Crippen molar-refractivity contribution in [2.45, 2.75) is 19.9 Å². The molecular weight excluding hydrogens is 554 g/mol. The van der Waals surface area contributed by atoms with E-state index in [1.165, 1.54) is 10.7 Å². The van der Waals surface area contributed by atoms with Crippen LogP contribution in [0.25, 0.3) is 34.3 Å². The highest BCUT2D eigenvalue weighted by Gasteiger charge is 2.29. The molecular formula is C30H25N7O4S. The minimum absolute atomic E-state index is 0.0689. The third-order valence-electron chi connectivity index (χ3n) is 6.99. The average molecular weight is 580 g/mol. The number of rotatable bonds is 8. The molecule has 12 heteroatoms. The molecule has 3 aromatic heterocycles. The van der Waals surface area contributed by atoms with E-state index in [2.05, 4.69) is 30.8 Å². The Labute approximate surface area is 241 Å². The van der Waals surface area contributed by atoms with Crippen molar-refractivity contribution in [3.63, 3.8) is 0 Å². The Morgan fingerprint density at radius 1 is 1.10 bits per heavy atom. The summed E-state index contributed by atoms with van der Waals surface area (Å²) in [5.74, 6) is 1.81. The van der Waals surface area contributed by atoms with Crippen LogP contribution in [0.2, 0.25) is 0 Å². The lowest BCUT2D eigenvalue weighted by atomic mass is 9.97. The van der Waals surface area contributed by atoms with Crippen LogP contribution >= 0.6 is 0 Å². The third kappa shape index (κ3) is 4.41. The van der Waals surface area contributed by atoms with Gasteiger partial charge in [-0.1, -0.05) is 49.3 Å². The summed E-state index contributed by atoms with van der Waals surface area (Å²) in [6.07, 6.45) is 12.6. The van der Waals surface area contributed by atoms with Crippen molar-refractivity contribution >= 4 is 50.5 Å². The van der Waals surface area contributed by atoms with Crippen LogP contribution in [-0.2, 0) is 10.2 Å². The highest BCUT2D eigenvalue weighted by Crippen LogP contribution is 2.37. The maximum atomic E-state index is 14.1. The van der Waals surface area contributed by atoms with E-state index in [-0.39, 0.29) is 29.1 Å². The lowest BCUT2D eigenvalue weighted by Gasteiger charge is -2.23. The molecule has 1 amide bonds. The Balaban J connectivity index is 1.52. The first-order valence-electron chi connectivity index (χ1n) is 13.1. The number of aromatic nitrogens is 4. The van der Waals surface area contributed by atoms with E-state index in [1.807, 2.05) is 36.4 Å². The van der Waals surface area contributed by atoms with Gasteiger partial charge in [-0.3, -0.25) is 18.9 Å². The Kier molecular flexibility index (Phi) is 6.61. The zero-order valence-corrected chi connectivity index (χ0v) is 23.4. The van der Waals surface area contributed by atoms with Crippen molar-refractivity contribution in [2.75, 3.05) is 11.3 Å². The molecule has 0 fully saturated rings. The molecule has 3 N–H and O–H groups in total. The second kappa shape index (κ2) is 10.3. The molecule has 0 spiro atoms. The zero-order valence-electron chi connectivity index (χ0n) is 22.6. The van der Waals surface area contributed by atoms with Gasteiger partial charge in [0.05, 0.1) is 17.1 Å². The number of hydrogen-bond acceptors (Lipinski definition) is 6. The molecule has 6 rings (SSSR count). The van der Waals surface area contributed by atoms with Crippen LogP contribution in [0.15, 0.2) is 65.7 Å². The van der Waals surface area contributed by atoms with Crippen molar-refractivity contribution in [1.82, 2.24) is 29.2 Å². The number of benzene rings is 2. The van der Waals surface area contributed by atoms with E-state index in [0.717, 1.165) is 16.5 Å². The summed E-state index contributed by atoms with van der Waals surface area (Å²) in [7, 11) is -4.01. The molecule has 11 nitrogen and oxygen atoms in total. The highest BCUT2D eigenvalue weighted by molar-refractivity contribution is 7.90. The quantitative estimate of drug-likeness (QED) is 0.237. The molecule has 2 aromatic carbocycles. The number of nitrogens with zero attached hydrogens (tertiary/aromatic N) is 4. The van der Waals surface area contributed by atoms with Crippen LogP contribution in [0.4, 0.5) is 5.82 Å². The molecule has 0 unspecified atom stereocenters. The molecule has 0 saturated carbocycles. The minimum Gasteiger partial charge on any atom is -0.344 e. The van der Waals surface area contributed by atoms with Crippen molar-refractivity contribution in [2.24, 2.45) is 0 Å². The highest BCUT2D eigenvalue weighted by atomic mass is 32.2. The topological polar surface area (TPSA) is 139 Å². The van der Waals surface area contributed by atoms with E-state index in [4.69, 9.17) is 6.42 Å². The fourth-order valence-electron chi connectivity index (χ4n) is 5.32. The normalized spacial score (nSPS) is 12.9. The van der Waals surface area contributed by atoms with Crippen LogP contribution in [0.1, 0.15) is 52.6 Å². The van der Waals surface area contributed by atoms with Crippen LogP contribution in [0, 0.1) is 12.3 Å². The van der Waals surface area contributed by atoms with Gasteiger partial charge in [0.15, 0.2) is 11.5 Å². The minimum atomic E-state index is -4.01. The van der Waals surface area contributed by atoms with Gasteiger partial charge in [0.2, 0.25) is 0 Å². The smallest absolute Gasteiger partial charge is 0.300 e. The summed E-state index contributed by atoms with van der Waals surface area (Å²) >= 11 is 0. The van der Waals surface area contributed by atoms with Gasteiger partial charge in [-0.25, -0.2) is 9.50 Å². The Bertz CT molecular complexity index is 2140. The maximum Gasteiger partial charge on any atom is 0.300 e. The predicted molar refractivity (Wildman–Crippen MR) is 161 cm³/mol. The van der Waals surface area contributed by atoms with Gasteiger partial charge in [-0.05, 0) is 36.8 Å².